The van der Waals surface area contributed by atoms with E-state index in [0.29, 0.717) is 6.04 Å². The van der Waals surface area contributed by atoms with E-state index in [4.69, 9.17) is 0 Å². The first kappa shape index (κ1) is 13.9. The number of hydrogen-bond acceptors (Lipinski definition) is 2. The van der Waals surface area contributed by atoms with Crippen LogP contribution < -0.4 is 10.6 Å². The van der Waals surface area contributed by atoms with Crippen LogP contribution in [-0.4, -0.2) is 24.0 Å². The van der Waals surface area contributed by atoms with Gasteiger partial charge in [-0.1, -0.05) is 26.7 Å². The lowest BCUT2D eigenvalue weighted by Gasteiger charge is -2.29. The molecule has 3 unspecified atom stereocenters. The molecule has 0 aromatic heterocycles. The van der Waals surface area contributed by atoms with Gasteiger partial charge in [-0.25, -0.2) is 0 Å². The van der Waals surface area contributed by atoms with Gasteiger partial charge in [-0.3, -0.25) is 4.79 Å². The first-order valence-corrected chi connectivity index (χ1v) is 7.72. The van der Waals surface area contributed by atoms with Gasteiger partial charge in [-0.05, 0) is 51.0 Å². The Hall–Kier alpha value is -0.570. The van der Waals surface area contributed by atoms with E-state index in [1.807, 2.05) is 0 Å². The first-order valence-electron chi connectivity index (χ1n) is 7.72. The zero-order valence-corrected chi connectivity index (χ0v) is 11.9. The minimum Gasteiger partial charge on any atom is -0.352 e. The van der Waals surface area contributed by atoms with Gasteiger partial charge >= 0.3 is 0 Å². The van der Waals surface area contributed by atoms with Crippen molar-refractivity contribution in [1.82, 2.24) is 10.6 Å². The molecule has 3 atom stereocenters. The van der Waals surface area contributed by atoms with Crippen molar-refractivity contribution in [2.45, 2.75) is 76.8 Å². The maximum Gasteiger partial charge on any atom is 0.240 e. The molecule has 1 saturated heterocycles. The van der Waals surface area contributed by atoms with Crippen LogP contribution in [0.25, 0.3) is 0 Å². The smallest absolute Gasteiger partial charge is 0.240 e. The van der Waals surface area contributed by atoms with Crippen molar-refractivity contribution in [2.75, 3.05) is 6.54 Å². The molecule has 1 amide bonds. The third kappa shape index (κ3) is 3.05. The van der Waals surface area contributed by atoms with Crippen molar-refractivity contribution in [3.8, 4) is 0 Å². The maximum absolute atomic E-state index is 12.5. The van der Waals surface area contributed by atoms with Crippen LogP contribution >= 0.6 is 0 Å². The van der Waals surface area contributed by atoms with Crippen molar-refractivity contribution < 1.29 is 4.79 Å². The SMILES string of the molecule is CCC1(C(=O)NC2CCCC(C)CC2)CCCN1. The average molecular weight is 252 g/mol. The second-order valence-corrected chi connectivity index (χ2v) is 6.25. The van der Waals surface area contributed by atoms with Gasteiger partial charge in [-0.2, -0.15) is 0 Å². The van der Waals surface area contributed by atoms with Gasteiger partial charge < -0.3 is 10.6 Å². The standard InChI is InChI=1S/C15H28N2O/c1-3-15(10-5-11-16-15)14(18)17-13-7-4-6-12(2)8-9-13/h12-13,16H,3-11H2,1-2H3,(H,17,18). The predicted octanol–water partition coefficient (Wildman–Crippen LogP) is 2.60. The van der Waals surface area contributed by atoms with Gasteiger partial charge in [0.05, 0.1) is 5.54 Å². The Morgan fingerprint density at radius 2 is 2.11 bits per heavy atom. The lowest BCUT2D eigenvalue weighted by atomic mass is 9.92. The molecule has 104 valence electrons. The summed E-state index contributed by atoms with van der Waals surface area (Å²) in [7, 11) is 0. The molecule has 2 N–H and O–H groups in total. The van der Waals surface area contributed by atoms with Crippen molar-refractivity contribution in [1.29, 1.82) is 0 Å². The summed E-state index contributed by atoms with van der Waals surface area (Å²) in [4.78, 5) is 12.5. The van der Waals surface area contributed by atoms with Gasteiger partial charge in [0.1, 0.15) is 0 Å². The first-order chi connectivity index (χ1) is 8.66. The molecular weight excluding hydrogens is 224 g/mol. The third-order valence-corrected chi connectivity index (χ3v) is 4.87. The molecule has 2 fully saturated rings. The molecule has 0 aromatic rings. The molecule has 2 rings (SSSR count). The predicted molar refractivity (Wildman–Crippen MR) is 74.4 cm³/mol. The topological polar surface area (TPSA) is 41.1 Å². The summed E-state index contributed by atoms with van der Waals surface area (Å²) >= 11 is 0. The van der Waals surface area contributed by atoms with Crippen LogP contribution in [0.2, 0.25) is 0 Å². The van der Waals surface area contributed by atoms with Gasteiger partial charge in [0.15, 0.2) is 0 Å². The fourth-order valence-corrected chi connectivity index (χ4v) is 3.42. The largest absolute Gasteiger partial charge is 0.352 e. The molecule has 1 saturated carbocycles. The number of carbonyl (C=O) groups is 1. The summed E-state index contributed by atoms with van der Waals surface area (Å²) in [6.07, 6.45) is 9.20. The highest BCUT2D eigenvalue weighted by molar-refractivity contribution is 5.86. The molecule has 3 nitrogen and oxygen atoms in total. The Balaban J connectivity index is 1.90. The van der Waals surface area contributed by atoms with E-state index >= 15 is 0 Å². The fraction of sp³-hybridized carbons (Fsp3) is 0.933. The summed E-state index contributed by atoms with van der Waals surface area (Å²) in [5, 5.41) is 6.73. The Kier molecular flexibility index (Phi) is 4.66. The van der Waals surface area contributed by atoms with Crippen LogP contribution in [0.5, 0.6) is 0 Å². The Bertz CT molecular complexity index is 284. The van der Waals surface area contributed by atoms with E-state index in [2.05, 4.69) is 24.5 Å². The molecule has 0 aromatic carbocycles. The minimum absolute atomic E-state index is 0.252. The number of carbonyl (C=O) groups excluding carboxylic acids is 1. The van der Waals surface area contributed by atoms with Crippen LogP contribution in [0.4, 0.5) is 0 Å². The van der Waals surface area contributed by atoms with Crippen LogP contribution in [0.15, 0.2) is 0 Å². The highest BCUT2D eigenvalue weighted by Gasteiger charge is 2.39. The molecule has 0 radical (unpaired) electrons. The molecular formula is C15H28N2O. The molecule has 0 spiro atoms. The Labute approximate surface area is 111 Å². The van der Waals surface area contributed by atoms with Gasteiger partial charge in [0, 0.05) is 6.04 Å². The Morgan fingerprint density at radius 1 is 1.28 bits per heavy atom. The van der Waals surface area contributed by atoms with E-state index in [0.717, 1.165) is 44.6 Å². The lowest BCUT2D eigenvalue weighted by Crippen LogP contribution is -2.55. The molecule has 1 aliphatic carbocycles. The summed E-state index contributed by atoms with van der Waals surface area (Å²) in [6, 6.07) is 0.410. The number of hydrogen-bond donors (Lipinski definition) is 2. The van der Waals surface area contributed by atoms with Crippen LogP contribution in [0, 0.1) is 5.92 Å². The number of rotatable bonds is 3. The Morgan fingerprint density at radius 3 is 2.78 bits per heavy atom. The van der Waals surface area contributed by atoms with E-state index in [9.17, 15) is 4.79 Å². The summed E-state index contributed by atoms with van der Waals surface area (Å²) in [5.41, 5.74) is -0.266. The quantitative estimate of drug-likeness (QED) is 0.758. The normalized spacial score (nSPS) is 37.2. The van der Waals surface area contributed by atoms with Gasteiger partial charge in [0.2, 0.25) is 5.91 Å². The summed E-state index contributed by atoms with van der Waals surface area (Å²) in [6.45, 7) is 5.44. The van der Waals surface area contributed by atoms with E-state index < -0.39 is 0 Å². The fourth-order valence-electron chi connectivity index (χ4n) is 3.42. The molecule has 2 aliphatic rings. The average Bonchev–Trinajstić information content (AvgIpc) is 2.77. The van der Waals surface area contributed by atoms with Crippen molar-refractivity contribution in [2.24, 2.45) is 5.92 Å². The lowest BCUT2D eigenvalue weighted by molar-refractivity contribution is -0.128. The monoisotopic (exact) mass is 252 g/mol. The molecule has 0 bridgehead atoms. The highest BCUT2D eigenvalue weighted by atomic mass is 16.2. The van der Waals surface area contributed by atoms with Crippen LogP contribution in [0.1, 0.15) is 65.2 Å². The zero-order valence-electron chi connectivity index (χ0n) is 11.9. The second-order valence-electron chi connectivity index (χ2n) is 6.25. The molecule has 1 aliphatic heterocycles. The molecule has 18 heavy (non-hydrogen) atoms. The minimum atomic E-state index is -0.266. The highest BCUT2D eigenvalue weighted by Crippen LogP contribution is 2.26. The maximum atomic E-state index is 12.5. The summed E-state index contributed by atoms with van der Waals surface area (Å²) in [5.74, 6) is 1.08. The summed E-state index contributed by atoms with van der Waals surface area (Å²) < 4.78 is 0. The second kappa shape index (κ2) is 6.05. The van der Waals surface area contributed by atoms with Crippen LogP contribution in [-0.2, 0) is 4.79 Å². The van der Waals surface area contributed by atoms with E-state index in [-0.39, 0.29) is 11.4 Å². The molecule has 3 heteroatoms. The van der Waals surface area contributed by atoms with Crippen molar-refractivity contribution in [3.05, 3.63) is 0 Å². The number of nitrogens with one attached hydrogen (secondary N) is 2. The number of amides is 1. The van der Waals surface area contributed by atoms with E-state index in [1.54, 1.807) is 0 Å². The van der Waals surface area contributed by atoms with Gasteiger partial charge in [0.25, 0.3) is 0 Å². The van der Waals surface area contributed by atoms with Crippen LogP contribution in [0.3, 0.4) is 0 Å². The molecule has 1 heterocycles. The zero-order chi connectivity index (χ0) is 13.0. The van der Waals surface area contributed by atoms with Crippen molar-refractivity contribution >= 4 is 5.91 Å². The van der Waals surface area contributed by atoms with Gasteiger partial charge in [-0.15, -0.1) is 0 Å². The van der Waals surface area contributed by atoms with E-state index in [1.165, 1.54) is 19.3 Å². The van der Waals surface area contributed by atoms with Crippen molar-refractivity contribution in [3.63, 3.8) is 0 Å². The third-order valence-electron chi connectivity index (χ3n) is 4.87.